The molecule has 508 valence electrons. The summed E-state index contributed by atoms with van der Waals surface area (Å²) < 4.78 is 0. The molecule has 0 aliphatic heterocycles. The van der Waals surface area contributed by atoms with Crippen LogP contribution in [0, 0.1) is 11.8 Å². The highest BCUT2D eigenvalue weighted by Gasteiger charge is 2.38. The lowest BCUT2D eigenvalue weighted by molar-refractivity contribution is -0.144. The molecule has 92 heavy (non-hydrogen) atoms. The predicted octanol–water partition coefficient (Wildman–Crippen LogP) is -3.79. The van der Waals surface area contributed by atoms with Crippen LogP contribution in [0.2, 0.25) is 0 Å². The molecule has 0 aliphatic carbocycles. The zero-order valence-electron chi connectivity index (χ0n) is 51.9. The zero-order chi connectivity index (χ0) is 69.2. The van der Waals surface area contributed by atoms with E-state index in [1.807, 2.05) is 5.32 Å². The van der Waals surface area contributed by atoms with E-state index in [4.69, 9.17) is 28.7 Å². The van der Waals surface area contributed by atoms with Gasteiger partial charge in [-0.25, -0.2) is 4.79 Å². The molecule has 0 aliphatic rings. The molecule has 2 aromatic carbocycles. The monoisotopic (exact) mass is 1300 g/mol. The van der Waals surface area contributed by atoms with Crippen molar-refractivity contribution in [3.63, 3.8) is 0 Å². The van der Waals surface area contributed by atoms with Gasteiger partial charge in [-0.15, -0.1) is 0 Å². The summed E-state index contributed by atoms with van der Waals surface area (Å²) in [5.74, 6) is -18.8. The maximum atomic E-state index is 14.5. The Kier molecular flexibility index (Phi) is 34.7. The van der Waals surface area contributed by atoms with Crippen LogP contribution in [0.15, 0.2) is 65.7 Å². The minimum Gasteiger partial charge on any atom is -0.481 e. The topological polar surface area (TPSA) is 571 Å². The van der Waals surface area contributed by atoms with Gasteiger partial charge in [0.15, 0.2) is 5.96 Å². The van der Waals surface area contributed by atoms with E-state index in [0.29, 0.717) is 30.5 Å². The number of hydrogen-bond donors (Lipinski definition) is 18. The number of carbonyl (C=O) groups is 14. The molecule has 0 saturated heterocycles. The van der Waals surface area contributed by atoms with Gasteiger partial charge >= 0.3 is 23.9 Å². The summed E-state index contributed by atoms with van der Waals surface area (Å²) in [4.78, 5) is 191. The number of hydrogen-bond acceptors (Lipinski definition) is 17. The van der Waals surface area contributed by atoms with Gasteiger partial charge in [-0.1, -0.05) is 101 Å². The van der Waals surface area contributed by atoms with Crippen LogP contribution in [-0.4, -0.2) is 183 Å². The van der Waals surface area contributed by atoms with Gasteiger partial charge in [0, 0.05) is 25.8 Å². The maximum Gasteiger partial charge on any atom is 0.326 e. The molecule has 0 bridgehead atoms. The molecule has 11 atom stereocenters. The molecule has 0 spiro atoms. The number of nitrogens with two attached hydrogens (primary N) is 5. The molecule has 2 aromatic rings. The highest BCUT2D eigenvalue weighted by Crippen LogP contribution is 2.15. The van der Waals surface area contributed by atoms with Crippen LogP contribution in [0.5, 0.6) is 0 Å². The first kappa shape index (κ1) is 78.3. The van der Waals surface area contributed by atoms with Crippen molar-refractivity contribution in [2.24, 2.45) is 45.5 Å². The molecule has 0 saturated carbocycles. The van der Waals surface area contributed by atoms with Crippen LogP contribution < -0.4 is 76.5 Å². The largest absolute Gasteiger partial charge is 0.481 e. The Hall–Kier alpha value is -9.79. The first-order valence-electron chi connectivity index (χ1n) is 29.8. The van der Waals surface area contributed by atoms with E-state index in [-0.39, 0.29) is 63.4 Å². The van der Waals surface area contributed by atoms with E-state index in [9.17, 15) is 87.5 Å². The van der Waals surface area contributed by atoms with Crippen LogP contribution in [0.4, 0.5) is 0 Å². The number of carboxylic acid groups (broad SMARTS) is 4. The van der Waals surface area contributed by atoms with E-state index < -0.39 is 181 Å². The number of benzene rings is 2. The third kappa shape index (κ3) is 30.1. The summed E-state index contributed by atoms with van der Waals surface area (Å²) in [6.07, 6.45) is -4.05. The van der Waals surface area contributed by atoms with Gasteiger partial charge in [-0.05, 0) is 68.0 Å². The van der Waals surface area contributed by atoms with Gasteiger partial charge in [0.25, 0.3) is 0 Å². The molecule has 10 amide bonds. The highest BCUT2D eigenvalue weighted by atomic mass is 16.4. The second-order valence-corrected chi connectivity index (χ2v) is 22.3. The van der Waals surface area contributed by atoms with E-state index in [2.05, 4.69) is 47.5 Å². The van der Waals surface area contributed by atoms with Crippen molar-refractivity contribution in [2.75, 3.05) is 13.1 Å². The number of nitrogens with zero attached hydrogens (tertiary/aromatic N) is 1. The van der Waals surface area contributed by atoms with Crippen molar-refractivity contribution in [1.82, 2.24) is 47.9 Å². The molecule has 33 heteroatoms. The normalized spacial score (nSPS) is 14.6. The Labute approximate surface area is 531 Å². The number of aliphatic imine (C=N–C) groups is 1. The Morgan fingerprint density at radius 1 is 0.457 bits per heavy atom. The third-order valence-corrected chi connectivity index (χ3v) is 14.2. The summed E-state index contributed by atoms with van der Waals surface area (Å²) in [6, 6.07) is -0.461. The van der Waals surface area contributed by atoms with Crippen LogP contribution in [0.3, 0.4) is 0 Å². The molecule has 0 fully saturated rings. The predicted molar refractivity (Wildman–Crippen MR) is 330 cm³/mol. The van der Waals surface area contributed by atoms with Crippen molar-refractivity contribution < 1.29 is 87.5 Å². The number of carboxylic acids is 4. The van der Waals surface area contributed by atoms with Crippen molar-refractivity contribution in [2.45, 2.75) is 178 Å². The smallest absolute Gasteiger partial charge is 0.326 e. The van der Waals surface area contributed by atoms with Crippen LogP contribution in [-0.2, 0) is 80.0 Å². The fraction of sp³-hybridized carbons (Fsp3) is 0.542. The lowest BCUT2D eigenvalue weighted by atomic mass is 9.95. The molecule has 0 heterocycles. The van der Waals surface area contributed by atoms with E-state index in [1.165, 1.54) is 0 Å². The average molecular weight is 1300 g/mol. The summed E-state index contributed by atoms with van der Waals surface area (Å²) in [5.41, 5.74) is 28.8. The maximum absolute atomic E-state index is 14.5. The number of rotatable bonds is 44. The van der Waals surface area contributed by atoms with Crippen LogP contribution in [0.25, 0.3) is 0 Å². The number of primary amides is 1. The van der Waals surface area contributed by atoms with Gasteiger partial charge in [-0.3, -0.25) is 67.3 Å². The quantitative estimate of drug-likeness (QED) is 0.0172. The molecule has 33 nitrogen and oxygen atoms in total. The van der Waals surface area contributed by atoms with Gasteiger partial charge in [0.2, 0.25) is 59.1 Å². The summed E-state index contributed by atoms with van der Waals surface area (Å²) in [5, 5.41) is 60.4. The molecule has 2 rings (SSSR count). The minimum atomic E-state index is -2.20. The SMILES string of the molecule is CC[C@H](C)[C@H](NC(=O)[C@H](Cc1ccccc1)NC(=O)[C@H](CC(N)=O)NC(=O)[C@H](CCC(=O)O)NC(=O)[C@H](CC(=O)O)NC(=O)[C@H](CC(=O)O)NC(=O)[C@H](Cc1ccccc1)NC(=O)[C@@H](N)CCCCN)C(=O)N[C@@H](CC(C)C)C(=O)N[C@@H](CCCN=C(N)N)C(=O)O. The summed E-state index contributed by atoms with van der Waals surface area (Å²) >= 11 is 0. The highest BCUT2D eigenvalue weighted by molar-refractivity contribution is 6.00. The van der Waals surface area contributed by atoms with Gasteiger partial charge < -0.3 is 96.9 Å². The second kappa shape index (κ2) is 40.8. The Bertz CT molecular complexity index is 2880. The van der Waals surface area contributed by atoms with Gasteiger partial charge in [-0.2, -0.15) is 0 Å². The number of unbranched alkanes of at least 4 members (excludes halogenated alkanes) is 1. The fourth-order valence-corrected chi connectivity index (χ4v) is 9.07. The van der Waals surface area contributed by atoms with E-state index in [0.717, 1.165) is 0 Å². The molecular formula is C59H89N15O18. The van der Waals surface area contributed by atoms with Crippen molar-refractivity contribution in [1.29, 1.82) is 0 Å². The average Bonchev–Trinajstić information content (AvgIpc) is 0.935. The Morgan fingerprint density at radius 2 is 0.870 bits per heavy atom. The number of carbonyl (C=O) groups excluding carboxylic acids is 10. The van der Waals surface area contributed by atoms with Gasteiger partial charge in [0.1, 0.15) is 54.4 Å². The third-order valence-electron chi connectivity index (χ3n) is 14.2. The number of guanidine groups is 1. The summed E-state index contributed by atoms with van der Waals surface area (Å²) in [6.45, 7) is 7.19. The van der Waals surface area contributed by atoms with E-state index in [1.54, 1.807) is 88.4 Å². The first-order valence-corrected chi connectivity index (χ1v) is 29.8. The number of aliphatic carboxylic acids is 4. The lowest BCUT2D eigenvalue weighted by Gasteiger charge is -2.30. The lowest BCUT2D eigenvalue weighted by Crippen LogP contribution is -2.62. The van der Waals surface area contributed by atoms with Crippen molar-refractivity contribution in [3.8, 4) is 0 Å². The summed E-state index contributed by atoms with van der Waals surface area (Å²) in [7, 11) is 0. The van der Waals surface area contributed by atoms with E-state index >= 15 is 0 Å². The standard InChI is InChI=1S/C59H89N15O18/c1-5-32(4)48(57(90)73-38(25-31(2)3)51(84)67-37(58(91)92)20-14-24-65-59(63)64)74-56(89)40(27-34-17-10-7-11-18-34)69-53(86)41(28-44(62)75)70-50(83)36(21-22-45(76)77)66-54(87)42(29-46(78)79)72-55(88)43(30-47(80)81)71-52(85)39(26-33-15-8-6-9-16-33)68-49(82)35(61)19-12-13-23-60/h6-11,15-18,31-32,35-43,48H,5,12-14,19-30,60-61H2,1-4H3,(H2,62,75)(H,66,87)(H,67,84)(H,68,82)(H,69,86)(H,70,83)(H,71,85)(H,72,88)(H,73,90)(H,74,89)(H,76,77)(H,78,79)(H,80,81)(H,91,92)(H4,63,64,65)/t32-,35-,36-,37-,38-,39-,40-,41-,42-,43-,48-/m0/s1. The second-order valence-electron chi connectivity index (χ2n) is 22.3. The number of nitrogens with one attached hydrogen (secondary N) is 9. The Morgan fingerprint density at radius 3 is 1.30 bits per heavy atom. The van der Waals surface area contributed by atoms with Crippen molar-refractivity contribution in [3.05, 3.63) is 71.8 Å². The van der Waals surface area contributed by atoms with Crippen molar-refractivity contribution >= 4 is 88.9 Å². The van der Waals surface area contributed by atoms with Gasteiger partial charge in [0.05, 0.1) is 25.3 Å². The molecular weight excluding hydrogens is 1210 g/mol. The zero-order valence-corrected chi connectivity index (χ0v) is 51.9. The van der Waals surface area contributed by atoms with Crippen LogP contribution in [0.1, 0.15) is 116 Å². The number of amides is 10. The molecule has 23 N–H and O–H groups in total. The minimum absolute atomic E-state index is 0.0173. The molecule has 0 radical (unpaired) electrons. The van der Waals surface area contributed by atoms with Crippen LogP contribution >= 0.6 is 0 Å². The molecule has 0 aromatic heterocycles. The fourth-order valence-electron chi connectivity index (χ4n) is 9.07. The Balaban J connectivity index is 2.52. The molecule has 0 unspecified atom stereocenters. The first-order chi connectivity index (χ1) is 43.3.